The molecule has 2 unspecified atom stereocenters. The lowest BCUT2D eigenvalue weighted by molar-refractivity contribution is -0.144. The molecule has 3 N–H and O–H groups in total. The summed E-state index contributed by atoms with van der Waals surface area (Å²) in [5.74, 6) is 0.0258. The Kier molecular flexibility index (Phi) is 5.60. The van der Waals surface area contributed by atoms with Gasteiger partial charge >= 0.3 is 5.97 Å². The molecule has 0 aromatic heterocycles. The maximum Gasteiger partial charge on any atom is 0.323 e. The molecule has 1 fully saturated rings. The summed E-state index contributed by atoms with van der Waals surface area (Å²) in [4.78, 5) is 13.5. The van der Waals surface area contributed by atoms with Crippen LogP contribution in [-0.4, -0.2) is 41.7 Å². The first kappa shape index (κ1) is 15.4. The van der Waals surface area contributed by atoms with Gasteiger partial charge in [0.2, 0.25) is 0 Å². The molecule has 0 spiro atoms. The van der Waals surface area contributed by atoms with E-state index >= 15 is 0 Å². The number of carboxylic acids is 1. The third-order valence-corrected chi connectivity index (χ3v) is 4.22. The van der Waals surface area contributed by atoms with Crippen LogP contribution < -0.4 is 5.73 Å². The Bertz CT molecular complexity index is 281. The van der Waals surface area contributed by atoms with Crippen LogP contribution in [0.15, 0.2) is 0 Å². The minimum atomic E-state index is -0.973. The van der Waals surface area contributed by atoms with Crippen LogP contribution in [0.5, 0.6) is 0 Å². The predicted molar refractivity (Wildman–Crippen MR) is 73.5 cm³/mol. The number of nitrogens with zero attached hydrogens (tertiary/aromatic N) is 1. The molecule has 0 heterocycles. The van der Waals surface area contributed by atoms with Crippen molar-refractivity contribution < 1.29 is 9.90 Å². The molecule has 0 bridgehead atoms. The topological polar surface area (TPSA) is 66.6 Å². The van der Waals surface area contributed by atoms with E-state index in [0.29, 0.717) is 12.3 Å². The first-order chi connectivity index (χ1) is 8.36. The molecule has 4 heteroatoms. The van der Waals surface area contributed by atoms with E-state index in [-0.39, 0.29) is 5.92 Å². The quantitative estimate of drug-likeness (QED) is 0.730. The van der Waals surface area contributed by atoms with E-state index in [2.05, 4.69) is 25.8 Å². The lowest BCUT2D eigenvalue weighted by Gasteiger charge is -2.28. The number of hydrogen-bond donors (Lipinski definition) is 2. The standard InChI is InChI=1S/C14H28N2O2/c1-11(2)6-9-16(3)10-7-12-5-4-8-14(12,15)13(17)18/h11-12H,4-10,15H2,1-3H3,(H,17,18). The molecule has 4 nitrogen and oxygen atoms in total. The van der Waals surface area contributed by atoms with Gasteiger partial charge in [-0.25, -0.2) is 0 Å². The maximum atomic E-state index is 11.3. The Morgan fingerprint density at radius 3 is 2.72 bits per heavy atom. The van der Waals surface area contributed by atoms with Crippen molar-refractivity contribution in [3.8, 4) is 0 Å². The molecule has 1 aliphatic rings. The SMILES string of the molecule is CC(C)CCN(C)CCC1CCCC1(N)C(=O)O. The molecule has 18 heavy (non-hydrogen) atoms. The second-order valence-electron chi connectivity index (χ2n) is 6.21. The number of aliphatic carboxylic acids is 1. The van der Waals surface area contributed by atoms with Crippen molar-refractivity contribution in [2.24, 2.45) is 17.6 Å². The molecular formula is C14H28N2O2. The van der Waals surface area contributed by atoms with Gasteiger partial charge in [-0.05, 0) is 57.7 Å². The minimum Gasteiger partial charge on any atom is -0.480 e. The Labute approximate surface area is 111 Å². The van der Waals surface area contributed by atoms with Crippen LogP contribution >= 0.6 is 0 Å². The first-order valence-corrected chi connectivity index (χ1v) is 7.07. The van der Waals surface area contributed by atoms with Crippen molar-refractivity contribution in [2.45, 2.75) is 51.5 Å². The smallest absolute Gasteiger partial charge is 0.323 e. The average Bonchev–Trinajstić information content (AvgIpc) is 2.66. The average molecular weight is 256 g/mol. The largest absolute Gasteiger partial charge is 0.480 e. The van der Waals surface area contributed by atoms with Crippen molar-refractivity contribution in [3.63, 3.8) is 0 Å². The van der Waals surface area contributed by atoms with E-state index in [4.69, 9.17) is 5.73 Å². The van der Waals surface area contributed by atoms with Gasteiger partial charge in [-0.15, -0.1) is 0 Å². The molecule has 0 saturated heterocycles. The number of carbonyl (C=O) groups is 1. The van der Waals surface area contributed by atoms with Crippen LogP contribution in [0.2, 0.25) is 0 Å². The monoisotopic (exact) mass is 256 g/mol. The zero-order valence-electron chi connectivity index (χ0n) is 12.0. The van der Waals surface area contributed by atoms with Crippen LogP contribution in [0.1, 0.15) is 46.0 Å². The van der Waals surface area contributed by atoms with Gasteiger partial charge in [0.1, 0.15) is 5.54 Å². The van der Waals surface area contributed by atoms with Crippen molar-refractivity contribution in [1.29, 1.82) is 0 Å². The van der Waals surface area contributed by atoms with Crippen LogP contribution in [0.3, 0.4) is 0 Å². The summed E-state index contributed by atoms with van der Waals surface area (Å²) < 4.78 is 0. The van der Waals surface area contributed by atoms with Crippen molar-refractivity contribution in [1.82, 2.24) is 4.90 Å². The molecule has 0 amide bonds. The predicted octanol–water partition coefficient (Wildman–Crippen LogP) is 1.94. The Morgan fingerprint density at radius 2 is 2.17 bits per heavy atom. The molecule has 2 atom stereocenters. The fourth-order valence-corrected chi connectivity index (χ4v) is 2.75. The Balaban J connectivity index is 2.36. The van der Waals surface area contributed by atoms with E-state index in [0.717, 1.165) is 32.4 Å². The van der Waals surface area contributed by atoms with Crippen LogP contribution in [0, 0.1) is 11.8 Å². The van der Waals surface area contributed by atoms with Gasteiger partial charge in [0.05, 0.1) is 0 Å². The summed E-state index contributed by atoms with van der Waals surface area (Å²) in [6, 6.07) is 0. The van der Waals surface area contributed by atoms with Crippen molar-refractivity contribution in [2.75, 3.05) is 20.1 Å². The van der Waals surface area contributed by atoms with Gasteiger partial charge in [-0.2, -0.15) is 0 Å². The normalized spacial score (nSPS) is 28.2. The fraction of sp³-hybridized carbons (Fsp3) is 0.929. The molecule has 1 rings (SSSR count). The van der Waals surface area contributed by atoms with Crippen LogP contribution in [-0.2, 0) is 4.79 Å². The second-order valence-corrected chi connectivity index (χ2v) is 6.21. The lowest BCUT2D eigenvalue weighted by atomic mass is 9.85. The van der Waals surface area contributed by atoms with Crippen LogP contribution in [0.25, 0.3) is 0 Å². The molecule has 106 valence electrons. The highest BCUT2D eigenvalue weighted by Gasteiger charge is 2.45. The summed E-state index contributed by atoms with van der Waals surface area (Å²) in [6.07, 6.45) is 4.62. The van der Waals surface area contributed by atoms with Crippen molar-refractivity contribution in [3.05, 3.63) is 0 Å². The van der Waals surface area contributed by atoms with Crippen LogP contribution in [0.4, 0.5) is 0 Å². The van der Waals surface area contributed by atoms with Gasteiger partial charge < -0.3 is 15.7 Å². The van der Waals surface area contributed by atoms with E-state index in [1.165, 1.54) is 6.42 Å². The summed E-state index contributed by atoms with van der Waals surface area (Å²) in [5.41, 5.74) is 5.06. The summed E-state index contributed by atoms with van der Waals surface area (Å²) in [6.45, 7) is 6.47. The van der Waals surface area contributed by atoms with E-state index in [1.807, 2.05) is 0 Å². The molecule has 0 aromatic rings. The first-order valence-electron chi connectivity index (χ1n) is 7.07. The number of rotatable bonds is 7. The third kappa shape index (κ3) is 3.95. The van der Waals surface area contributed by atoms with E-state index in [9.17, 15) is 9.90 Å². The minimum absolute atomic E-state index is 0.136. The Morgan fingerprint density at radius 1 is 1.50 bits per heavy atom. The van der Waals surface area contributed by atoms with Gasteiger partial charge in [-0.1, -0.05) is 20.3 Å². The summed E-state index contributed by atoms with van der Waals surface area (Å²) in [5, 5.41) is 9.25. The highest BCUT2D eigenvalue weighted by molar-refractivity contribution is 5.79. The molecule has 0 aromatic carbocycles. The molecule has 1 saturated carbocycles. The van der Waals surface area contributed by atoms with Gasteiger partial charge in [0.25, 0.3) is 0 Å². The Hall–Kier alpha value is -0.610. The lowest BCUT2D eigenvalue weighted by Crippen LogP contribution is -2.51. The van der Waals surface area contributed by atoms with Gasteiger partial charge in [-0.3, -0.25) is 4.79 Å². The summed E-state index contributed by atoms with van der Waals surface area (Å²) >= 11 is 0. The third-order valence-electron chi connectivity index (χ3n) is 4.22. The fourth-order valence-electron chi connectivity index (χ4n) is 2.75. The molecule has 0 aliphatic heterocycles. The zero-order valence-corrected chi connectivity index (χ0v) is 12.0. The van der Waals surface area contributed by atoms with Gasteiger partial charge in [0, 0.05) is 0 Å². The highest BCUT2D eigenvalue weighted by atomic mass is 16.4. The van der Waals surface area contributed by atoms with E-state index < -0.39 is 11.5 Å². The number of carboxylic acid groups (broad SMARTS) is 1. The molecular weight excluding hydrogens is 228 g/mol. The summed E-state index contributed by atoms with van der Waals surface area (Å²) in [7, 11) is 2.11. The number of nitrogens with two attached hydrogens (primary N) is 1. The van der Waals surface area contributed by atoms with Gasteiger partial charge in [0.15, 0.2) is 0 Å². The molecule has 0 radical (unpaired) electrons. The van der Waals surface area contributed by atoms with Crippen molar-refractivity contribution >= 4 is 5.97 Å². The highest BCUT2D eigenvalue weighted by Crippen LogP contribution is 2.36. The number of hydrogen-bond acceptors (Lipinski definition) is 3. The molecule has 1 aliphatic carbocycles. The second kappa shape index (κ2) is 6.53. The zero-order chi connectivity index (χ0) is 13.8. The maximum absolute atomic E-state index is 11.3. The van der Waals surface area contributed by atoms with E-state index in [1.54, 1.807) is 0 Å².